The number of alkyl halides is 1. The molecule has 1 aromatic carbocycles. The zero-order valence-corrected chi connectivity index (χ0v) is 20.1. The van der Waals surface area contributed by atoms with E-state index in [0.29, 0.717) is 6.54 Å². The maximum absolute atomic E-state index is 15.7. The van der Waals surface area contributed by atoms with Gasteiger partial charge in [-0.1, -0.05) is 57.5 Å². The Balaban J connectivity index is 0.00000136. The Morgan fingerprint density at radius 1 is 1.36 bits per heavy atom. The minimum atomic E-state index is -1.30. The lowest BCUT2D eigenvalue weighted by Crippen LogP contribution is -2.36. The average molecular weight is 470 g/mol. The Hall–Kier alpha value is -0.940. The van der Waals surface area contributed by atoms with Crippen LogP contribution in [-0.2, 0) is 0 Å². The van der Waals surface area contributed by atoms with Crippen molar-refractivity contribution in [1.82, 2.24) is 0 Å². The molecule has 0 saturated carbocycles. The summed E-state index contributed by atoms with van der Waals surface area (Å²) in [6.45, 7) is 8.63. The minimum absolute atomic E-state index is 0.0172. The first kappa shape index (κ1) is 23.3. The molecule has 0 aromatic heterocycles. The minimum Gasteiger partial charge on any atom is -0.496 e. The molecule has 5 heteroatoms. The Labute approximate surface area is 182 Å². The molecule has 1 heterocycles. The number of benzene rings is 1. The number of nitrogens with zero attached hydrogens (tertiary/aromatic N) is 1. The largest absolute Gasteiger partial charge is 0.496 e. The van der Waals surface area contributed by atoms with E-state index in [1.54, 1.807) is 14.0 Å². The van der Waals surface area contributed by atoms with Crippen LogP contribution < -0.4 is 9.64 Å². The van der Waals surface area contributed by atoms with Gasteiger partial charge in [0.2, 0.25) is 0 Å². The second kappa shape index (κ2) is 10.7. The zero-order chi connectivity index (χ0) is 20.7. The van der Waals surface area contributed by atoms with Crippen molar-refractivity contribution in [2.75, 3.05) is 18.6 Å². The van der Waals surface area contributed by atoms with Gasteiger partial charge in [-0.15, -0.1) is 0 Å². The van der Waals surface area contributed by atoms with Gasteiger partial charge in [-0.05, 0) is 60.3 Å². The van der Waals surface area contributed by atoms with Gasteiger partial charge in [0.15, 0.2) is 5.00 Å². The van der Waals surface area contributed by atoms with Gasteiger partial charge in [0.05, 0.1) is 17.3 Å². The van der Waals surface area contributed by atoms with Gasteiger partial charge >= 0.3 is 0 Å². The third kappa shape index (κ3) is 5.35. The predicted molar refractivity (Wildman–Crippen MR) is 124 cm³/mol. The van der Waals surface area contributed by atoms with E-state index in [0.717, 1.165) is 52.9 Å². The SMILES string of the molecule is CC.CCCCC1CN(C2=CC=CCC2)c2cc(Br)c(OC)cc2SC1(C)F. The third-order valence-electron chi connectivity index (χ3n) is 5.21. The van der Waals surface area contributed by atoms with Gasteiger partial charge in [0, 0.05) is 23.1 Å². The first-order valence-corrected chi connectivity index (χ1v) is 12.0. The average Bonchev–Trinajstić information content (AvgIpc) is 2.81. The van der Waals surface area contributed by atoms with Gasteiger partial charge in [-0.3, -0.25) is 0 Å². The molecule has 0 spiro atoms. The van der Waals surface area contributed by atoms with Gasteiger partial charge in [-0.25, -0.2) is 4.39 Å². The molecule has 1 aliphatic carbocycles. The summed E-state index contributed by atoms with van der Waals surface area (Å²) in [5, 5.41) is -1.30. The molecule has 1 aliphatic heterocycles. The van der Waals surface area contributed by atoms with Crippen molar-refractivity contribution in [3.05, 3.63) is 40.5 Å². The van der Waals surface area contributed by atoms with E-state index < -0.39 is 5.00 Å². The van der Waals surface area contributed by atoms with Crippen LogP contribution in [0.25, 0.3) is 0 Å². The van der Waals surface area contributed by atoms with Crippen LogP contribution in [0.3, 0.4) is 0 Å². The molecule has 2 nitrogen and oxygen atoms in total. The van der Waals surface area contributed by atoms with E-state index in [1.165, 1.54) is 17.5 Å². The molecular weight excluding hydrogens is 437 g/mol. The maximum atomic E-state index is 15.7. The van der Waals surface area contributed by atoms with Gasteiger partial charge in [0.1, 0.15) is 5.75 Å². The molecule has 3 rings (SSSR count). The van der Waals surface area contributed by atoms with Crippen LogP contribution in [0.5, 0.6) is 5.75 Å². The molecule has 0 bridgehead atoms. The summed E-state index contributed by atoms with van der Waals surface area (Å²) in [5.74, 6) is 0.730. The topological polar surface area (TPSA) is 12.5 Å². The maximum Gasteiger partial charge on any atom is 0.162 e. The number of halogens is 2. The van der Waals surface area contributed by atoms with Crippen LogP contribution in [0.4, 0.5) is 10.1 Å². The van der Waals surface area contributed by atoms with Crippen LogP contribution >= 0.6 is 27.7 Å². The second-order valence-corrected chi connectivity index (χ2v) is 9.41. The summed E-state index contributed by atoms with van der Waals surface area (Å²) in [7, 11) is 1.65. The Morgan fingerprint density at radius 3 is 2.71 bits per heavy atom. The zero-order valence-electron chi connectivity index (χ0n) is 17.7. The highest BCUT2D eigenvalue weighted by atomic mass is 79.9. The lowest BCUT2D eigenvalue weighted by molar-refractivity contribution is 0.201. The molecule has 28 heavy (non-hydrogen) atoms. The molecule has 2 unspecified atom stereocenters. The Morgan fingerprint density at radius 2 is 2.11 bits per heavy atom. The van der Waals surface area contributed by atoms with Crippen LogP contribution in [-0.4, -0.2) is 18.7 Å². The normalized spacial score (nSPS) is 23.9. The number of unbranched alkanes of at least 4 members (excludes halogenated alkanes) is 1. The number of allylic oxidation sites excluding steroid dienone is 4. The lowest BCUT2D eigenvalue weighted by Gasteiger charge is -2.33. The summed E-state index contributed by atoms with van der Waals surface area (Å²) in [6.07, 6.45) is 11.6. The highest BCUT2D eigenvalue weighted by molar-refractivity contribution is 9.10. The van der Waals surface area contributed by atoms with Crippen molar-refractivity contribution < 1.29 is 9.13 Å². The quantitative estimate of drug-likeness (QED) is 0.431. The smallest absolute Gasteiger partial charge is 0.162 e. The van der Waals surface area contributed by atoms with Crippen molar-refractivity contribution in [2.45, 2.75) is 69.7 Å². The molecule has 2 aliphatic rings. The standard InChI is InChI=1S/C21H27BrFNOS.C2H6/c1-4-5-9-15-14-24(16-10-7-6-8-11-16)18-12-17(22)19(25-3)13-20(18)26-21(15,2)23;1-2/h6-7,10,12-13,15H,4-5,8-9,11,14H2,1-3H3;1-2H3. The number of hydrogen-bond acceptors (Lipinski definition) is 3. The number of anilines is 1. The summed E-state index contributed by atoms with van der Waals surface area (Å²) < 4.78 is 22.1. The van der Waals surface area contributed by atoms with E-state index in [-0.39, 0.29) is 5.92 Å². The predicted octanol–water partition coefficient (Wildman–Crippen LogP) is 8.12. The first-order chi connectivity index (χ1) is 13.5. The summed E-state index contributed by atoms with van der Waals surface area (Å²) in [6, 6.07) is 4.05. The molecule has 0 amide bonds. The fourth-order valence-electron chi connectivity index (χ4n) is 3.64. The van der Waals surface area contributed by atoms with Crippen LogP contribution in [0.2, 0.25) is 0 Å². The molecular formula is C23H33BrFNOS. The van der Waals surface area contributed by atoms with Gasteiger partial charge in [0.25, 0.3) is 0 Å². The van der Waals surface area contributed by atoms with Crippen molar-refractivity contribution in [3.63, 3.8) is 0 Å². The van der Waals surface area contributed by atoms with Crippen molar-refractivity contribution in [3.8, 4) is 5.75 Å². The van der Waals surface area contributed by atoms with Crippen molar-refractivity contribution >= 4 is 33.4 Å². The van der Waals surface area contributed by atoms with Gasteiger partial charge in [-0.2, -0.15) is 0 Å². The Kier molecular flexibility index (Phi) is 8.94. The number of rotatable bonds is 5. The van der Waals surface area contributed by atoms with Crippen molar-refractivity contribution in [2.24, 2.45) is 5.92 Å². The highest BCUT2D eigenvalue weighted by Gasteiger charge is 2.41. The van der Waals surface area contributed by atoms with Crippen LogP contribution in [0.1, 0.15) is 59.8 Å². The number of fused-ring (bicyclic) bond motifs is 1. The first-order valence-electron chi connectivity index (χ1n) is 10.3. The summed E-state index contributed by atoms with van der Waals surface area (Å²) in [4.78, 5) is 3.28. The number of hydrogen-bond donors (Lipinski definition) is 0. The molecule has 1 aromatic rings. The fraction of sp³-hybridized carbons (Fsp3) is 0.565. The fourth-order valence-corrected chi connectivity index (χ4v) is 5.36. The van der Waals surface area contributed by atoms with Crippen molar-refractivity contribution in [1.29, 1.82) is 0 Å². The molecule has 0 radical (unpaired) electrons. The number of ether oxygens (including phenoxy) is 1. The molecule has 2 atom stereocenters. The third-order valence-corrected chi connectivity index (χ3v) is 7.11. The molecule has 0 saturated heterocycles. The van der Waals surface area contributed by atoms with E-state index in [9.17, 15) is 0 Å². The van der Waals surface area contributed by atoms with Crippen LogP contribution in [0, 0.1) is 5.92 Å². The van der Waals surface area contributed by atoms with E-state index in [4.69, 9.17) is 4.74 Å². The van der Waals surface area contributed by atoms with E-state index >= 15 is 4.39 Å². The summed E-state index contributed by atoms with van der Waals surface area (Å²) >= 11 is 4.96. The number of thioether (sulfide) groups is 1. The second-order valence-electron chi connectivity index (χ2n) is 7.12. The molecule has 0 fully saturated rings. The molecule has 156 valence electrons. The van der Waals surface area contributed by atoms with Crippen LogP contribution in [0.15, 0.2) is 45.4 Å². The lowest BCUT2D eigenvalue weighted by atomic mass is 9.95. The monoisotopic (exact) mass is 469 g/mol. The van der Waals surface area contributed by atoms with E-state index in [2.05, 4.69) is 52.0 Å². The number of methoxy groups -OCH3 is 1. The summed E-state index contributed by atoms with van der Waals surface area (Å²) in [5.41, 5.74) is 2.35. The molecule has 0 N–H and O–H groups in total. The van der Waals surface area contributed by atoms with E-state index in [1.807, 2.05) is 19.9 Å². The highest BCUT2D eigenvalue weighted by Crippen LogP contribution is 2.52. The Bertz CT molecular complexity index is 717. The van der Waals surface area contributed by atoms with Gasteiger partial charge < -0.3 is 9.64 Å².